The van der Waals surface area contributed by atoms with Gasteiger partial charge in [0.1, 0.15) is 54.9 Å². The fourth-order valence-electron chi connectivity index (χ4n) is 12.4. The lowest BCUT2D eigenvalue weighted by Crippen LogP contribution is -2.48. The van der Waals surface area contributed by atoms with Gasteiger partial charge in [-0.15, -0.1) is 10.9 Å². The predicted molar refractivity (Wildman–Crippen MR) is 327 cm³/mol. The number of benzene rings is 11. The lowest BCUT2D eigenvalue weighted by molar-refractivity contribution is 1.01. The number of hydrogen-bond acceptors (Lipinski definition) is 0. The lowest BCUT2D eigenvalue weighted by Gasteiger charge is -2.20. The fraction of sp³-hybridized carbons (Fsp3) is 0.0149. The molecule has 336 valence electrons. The molecular formula is C67H37B7N2. The summed E-state index contributed by atoms with van der Waals surface area (Å²) in [7, 11) is 50.2. The number of rotatable bonds is 7. The summed E-state index contributed by atoms with van der Waals surface area (Å²) in [5.41, 5.74) is 20.8. The van der Waals surface area contributed by atoms with E-state index in [1.165, 1.54) is 22.3 Å². The summed E-state index contributed by atoms with van der Waals surface area (Å²) < 4.78 is 4.37. The van der Waals surface area contributed by atoms with Gasteiger partial charge in [0.15, 0.2) is 0 Å². The zero-order valence-corrected chi connectivity index (χ0v) is 41.3. The van der Waals surface area contributed by atoms with Crippen LogP contribution in [0.5, 0.6) is 0 Å². The molecule has 2 aromatic heterocycles. The van der Waals surface area contributed by atoms with Crippen molar-refractivity contribution >= 4 is 137 Å². The average Bonchev–Trinajstić information content (AvgIpc) is 4.18. The molecule has 11 aromatic carbocycles. The molecule has 0 N–H and O–H groups in total. The highest BCUT2D eigenvalue weighted by atomic mass is 15.0. The number of fused-ring (bicyclic) bond motifs is 9. The highest BCUT2D eigenvalue weighted by Gasteiger charge is 2.32. The van der Waals surface area contributed by atoms with Crippen LogP contribution in [0.1, 0.15) is 22.6 Å². The summed E-state index contributed by atoms with van der Waals surface area (Å²) in [4.78, 5) is 0. The molecule has 14 rings (SSSR count). The summed E-state index contributed by atoms with van der Waals surface area (Å²) in [6.45, 7) is 0. The molecule has 0 bridgehead atoms. The predicted octanol–water partition coefficient (Wildman–Crippen LogP) is 9.27. The molecule has 0 saturated heterocycles. The molecule has 1 unspecified atom stereocenters. The van der Waals surface area contributed by atoms with Crippen molar-refractivity contribution in [1.82, 2.24) is 9.13 Å². The first-order valence-corrected chi connectivity index (χ1v) is 25.4. The van der Waals surface area contributed by atoms with Crippen LogP contribution in [0.15, 0.2) is 218 Å². The van der Waals surface area contributed by atoms with Crippen LogP contribution in [0.4, 0.5) is 0 Å². The monoisotopic (exact) mass is 946 g/mol. The van der Waals surface area contributed by atoms with Crippen LogP contribution >= 0.6 is 0 Å². The highest BCUT2D eigenvalue weighted by Crippen LogP contribution is 2.50. The number of hydrogen-bond donors (Lipinski definition) is 0. The van der Waals surface area contributed by atoms with Gasteiger partial charge in [0.25, 0.3) is 0 Å². The van der Waals surface area contributed by atoms with Crippen LogP contribution in [0, 0.1) is 0 Å². The van der Waals surface area contributed by atoms with E-state index in [0.29, 0.717) is 43.8 Å². The van der Waals surface area contributed by atoms with Crippen molar-refractivity contribution in [1.29, 1.82) is 0 Å². The van der Waals surface area contributed by atoms with E-state index >= 15 is 0 Å². The number of aromatic nitrogens is 2. The normalized spacial score (nSPS) is 13.0. The van der Waals surface area contributed by atoms with Gasteiger partial charge in [0, 0.05) is 44.4 Å². The van der Waals surface area contributed by atoms with Crippen LogP contribution in [0.2, 0.25) is 0 Å². The molecule has 76 heavy (non-hydrogen) atoms. The minimum Gasteiger partial charge on any atom is -0.311 e. The first-order valence-electron chi connectivity index (χ1n) is 25.4. The molecule has 13 aromatic rings. The van der Waals surface area contributed by atoms with Gasteiger partial charge in [0.2, 0.25) is 0 Å². The Balaban J connectivity index is 1.01. The highest BCUT2D eigenvalue weighted by molar-refractivity contribution is 6.69. The second-order valence-corrected chi connectivity index (χ2v) is 19.9. The molecule has 9 heteroatoms. The van der Waals surface area contributed by atoms with Crippen molar-refractivity contribution in [3.8, 4) is 67.0 Å². The van der Waals surface area contributed by atoms with E-state index in [2.05, 4.69) is 205 Å². The third kappa shape index (κ3) is 6.84. The molecule has 1 aliphatic rings. The minimum atomic E-state index is -0.00844. The molecule has 0 saturated carbocycles. The van der Waals surface area contributed by atoms with Gasteiger partial charge in [-0.05, 0) is 109 Å². The molecule has 1 aliphatic carbocycles. The third-order valence-electron chi connectivity index (χ3n) is 15.8. The van der Waals surface area contributed by atoms with E-state index in [1.807, 2.05) is 22.8 Å². The Bertz CT molecular complexity index is 4540. The first-order chi connectivity index (χ1) is 37.2. The van der Waals surface area contributed by atoms with Crippen molar-refractivity contribution in [2.75, 3.05) is 0 Å². The quantitative estimate of drug-likeness (QED) is 0.141. The fourth-order valence-corrected chi connectivity index (χ4v) is 12.4. The molecule has 0 fully saturated rings. The summed E-state index contributed by atoms with van der Waals surface area (Å²) in [5.74, 6) is -0.00844. The number of para-hydroxylation sites is 1. The molecule has 0 spiro atoms. The maximum absolute atomic E-state index is 7.61. The van der Waals surface area contributed by atoms with E-state index in [9.17, 15) is 0 Å². The Labute approximate surface area is 451 Å². The molecule has 2 nitrogen and oxygen atoms in total. The van der Waals surface area contributed by atoms with E-state index < -0.39 is 0 Å². The second kappa shape index (κ2) is 17.8. The lowest BCUT2D eigenvalue weighted by atomic mass is 9.64. The Hall–Kier alpha value is -8.53. The van der Waals surface area contributed by atoms with Gasteiger partial charge >= 0.3 is 0 Å². The SMILES string of the molecule is [B]c1c([B])c([B])c2c(c1[B])c1c([B])c(-c3ccc4c(c3)c3c(-c5ccccc5)cccc3n4-c3ccccc3-c3ccccc3)c([B])c([B])c1n2-c1ccc2c(c1)-c1ccccc1C2c1cccc(-c2ccccc2)c1. The second-order valence-electron chi connectivity index (χ2n) is 19.9. The summed E-state index contributed by atoms with van der Waals surface area (Å²) >= 11 is 0. The van der Waals surface area contributed by atoms with Crippen LogP contribution < -0.4 is 38.2 Å². The maximum atomic E-state index is 7.61. The van der Waals surface area contributed by atoms with Gasteiger partial charge in [-0.25, -0.2) is 0 Å². The van der Waals surface area contributed by atoms with Gasteiger partial charge in [0.05, 0.1) is 16.7 Å². The smallest absolute Gasteiger partial charge is 0.115 e. The van der Waals surface area contributed by atoms with E-state index in [-0.39, 0.29) is 27.8 Å². The van der Waals surface area contributed by atoms with Crippen molar-refractivity contribution in [2.45, 2.75) is 5.92 Å². The summed E-state index contributed by atoms with van der Waals surface area (Å²) in [6.07, 6.45) is 0. The van der Waals surface area contributed by atoms with Gasteiger partial charge < -0.3 is 9.13 Å². The average molecular weight is 946 g/mol. The number of nitrogens with zero attached hydrogens (tertiary/aromatic N) is 2. The topological polar surface area (TPSA) is 9.86 Å². The van der Waals surface area contributed by atoms with Crippen molar-refractivity contribution < 1.29 is 0 Å². The van der Waals surface area contributed by atoms with Crippen molar-refractivity contribution in [3.63, 3.8) is 0 Å². The largest absolute Gasteiger partial charge is 0.311 e. The Morgan fingerprint density at radius 3 is 1.61 bits per heavy atom. The Morgan fingerprint density at radius 2 is 0.868 bits per heavy atom. The van der Waals surface area contributed by atoms with Crippen LogP contribution in [0.3, 0.4) is 0 Å². The molecule has 0 amide bonds. The van der Waals surface area contributed by atoms with Crippen LogP contribution in [-0.4, -0.2) is 64.1 Å². The molecular weight excluding hydrogens is 908 g/mol. The standard InChI is InChI=1S/C67H37B7N2/c68-59-55(42-30-33-52-50(35-42)56-45(39-20-8-3-9-21-39)27-15-29-53(56)76(52)51-28-13-12-24-44(51)38-18-6-2-7-19-38)60(69)64(73)66-57(59)58-61(70)62(71)63(72)65(74)67(58)75(66)43-31-32-48-49(36-43)46-25-10-11-26-47(46)54(48)41-23-14-22-40(34-41)37-16-4-1-5-17-37/h1-36,54H. The van der Waals surface area contributed by atoms with Gasteiger partial charge in [-0.3, -0.25) is 0 Å². The Morgan fingerprint density at radius 1 is 0.303 bits per heavy atom. The van der Waals surface area contributed by atoms with E-state index in [4.69, 9.17) is 54.9 Å². The zero-order valence-electron chi connectivity index (χ0n) is 41.3. The summed E-state index contributed by atoms with van der Waals surface area (Å²) in [5, 5.41) is 3.22. The van der Waals surface area contributed by atoms with Gasteiger partial charge in [-0.2, -0.15) is 0 Å². The maximum Gasteiger partial charge on any atom is 0.115 e. The van der Waals surface area contributed by atoms with Crippen LogP contribution in [0.25, 0.3) is 111 Å². The van der Waals surface area contributed by atoms with Crippen molar-refractivity contribution in [2.24, 2.45) is 0 Å². The van der Waals surface area contributed by atoms with Gasteiger partial charge in [-0.1, -0.05) is 209 Å². The molecule has 14 radical (unpaired) electrons. The van der Waals surface area contributed by atoms with E-state index in [1.54, 1.807) is 0 Å². The Kier molecular flexibility index (Phi) is 10.8. The molecule has 2 heterocycles. The molecule has 1 atom stereocenters. The zero-order chi connectivity index (χ0) is 51.5. The third-order valence-corrected chi connectivity index (χ3v) is 15.8. The van der Waals surface area contributed by atoms with E-state index in [0.717, 1.165) is 77.7 Å². The first kappa shape index (κ1) is 46.0. The molecule has 0 aliphatic heterocycles. The van der Waals surface area contributed by atoms with Crippen LogP contribution in [-0.2, 0) is 0 Å². The minimum absolute atomic E-state index is 0.00844. The van der Waals surface area contributed by atoms with Crippen molar-refractivity contribution in [3.05, 3.63) is 235 Å². The summed E-state index contributed by atoms with van der Waals surface area (Å²) in [6, 6.07) is 76.8.